The van der Waals surface area contributed by atoms with Crippen LogP contribution in [0, 0.1) is 41.3 Å². The third kappa shape index (κ3) is 5.64. The zero-order valence-corrected chi connectivity index (χ0v) is 19.9. The Bertz CT molecular complexity index is 779. The molecule has 0 spiro atoms. The number of hydrogen-bond acceptors (Lipinski definition) is 2. The van der Waals surface area contributed by atoms with Gasteiger partial charge in [-0.15, -0.1) is 6.58 Å². The summed E-state index contributed by atoms with van der Waals surface area (Å²) in [5, 5.41) is 0. The van der Waals surface area contributed by atoms with Gasteiger partial charge in [-0.1, -0.05) is 31.9 Å². The minimum absolute atomic E-state index is 0.0699. The predicted molar refractivity (Wildman–Crippen MR) is 128 cm³/mol. The van der Waals surface area contributed by atoms with Crippen LogP contribution in [0.15, 0.2) is 30.9 Å². The third-order valence-electron chi connectivity index (χ3n) is 8.96. The summed E-state index contributed by atoms with van der Waals surface area (Å²) in [6.45, 7) is 6.06. The summed E-state index contributed by atoms with van der Waals surface area (Å²) < 4.78 is 19.9. The standard InChI is InChI=1S/C29H41FO2/c1-3-5-6-21-8-16-28(27(30)18-21)32-29(31)23-12-10-22(11-13-23)25-15-14-24-17-20(4-2)7-9-26(24)19-25/h3,8,16,18,20,22-26H,1,4-7,9-15,17,19H2,2H3. The SMILES string of the molecule is C=CCCc1ccc(OC(=O)C2CCC(C3CCC4CC(CC)CCC4C3)CC2)c(F)c1. The summed E-state index contributed by atoms with van der Waals surface area (Å²) in [5.74, 6) is 3.83. The normalized spacial score (nSPS) is 32.7. The van der Waals surface area contributed by atoms with Crippen molar-refractivity contribution < 1.29 is 13.9 Å². The molecule has 0 aliphatic heterocycles. The van der Waals surface area contributed by atoms with Crippen molar-refractivity contribution in [2.75, 3.05) is 0 Å². The van der Waals surface area contributed by atoms with Gasteiger partial charge in [-0.3, -0.25) is 4.79 Å². The Morgan fingerprint density at radius 2 is 1.66 bits per heavy atom. The molecule has 3 fully saturated rings. The number of aryl methyl sites for hydroxylation is 1. The van der Waals surface area contributed by atoms with E-state index in [9.17, 15) is 9.18 Å². The number of ether oxygens (including phenoxy) is 1. The molecule has 4 unspecified atom stereocenters. The molecule has 1 aromatic carbocycles. The minimum atomic E-state index is -0.442. The Balaban J connectivity index is 1.24. The van der Waals surface area contributed by atoms with Crippen LogP contribution in [0.4, 0.5) is 4.39 Å². The molecule has 3 aliphatic rings. The van der Waals surface area contributed by atoms with Crippen LogP contribution in [0.1, 0.15) is 89.5 Å². The Hall–Kier alpha value is -1.64. The molecule has 4 atom stereocenters. The number of allylic oxidation sites excluding steroid dienone is 1. The summed E-state index contributed by atoms with van der Waals surface area (Å²) in [6, 6.07) is 4.92. The molecule has 2 nitrogen and oxygen atoms in total. The molecule has 3 heteroatoms. The van der Waals surface area contributed by atoms with Gasteiger partial charge in [0.25, 0.3) is 0 Å². The summed E-state index contributed by atoms with van der Waals surface area (Å²) >= 11 is 0. The predicted octanol–water partition coefficient (Wildman–Crippen LogP) is 7.90. The first-order chi connectivity index (χ1) is 15.6. The molecule has 0 amide bonds. The summed E-state index contributed by atoms with van der Waals surface area (Å²) in [4.78, 5) is 12.7. The quantitative estimate of drug-likeness (QED) is 0.245. The molecule has 0 saturated heterocycles. The number of esters is 1. The lowest BCUT2D eigenvalue weighted by Crippen LogP contribution is -2.35. The number of halogens is 1. The van der Waals surface area contributed by atoms with E-state index < -0.39 is 5.82 Å². The lowest BCUT2D eigenvalue weighted by atomic mass is 9.61. The molecular formula is C29H41FO2. The molecule has 3 saturated carbocycles. The number of rotatable bonds is 7. The number of carbonyl (C=O) groups excluding carboxylic acids is 1. The van der Waals surface area contributed by atoms with E-state index in [4.69, 9.17) is 4.74 Å². The molecule has 176 valence electrons. The molecule has 0 radical (unpaired) electrons. The minimum Gasteiger partial charge on any atom is -0.423 e. The number of carbonyl (C=O) groups is 1. The van der Waals surface area contributed by atoms with Crippen LogP contribution < -0.4 is 4.74 Å². The molecule has 0 heterocycles. The third-order valence-corrected chi connectivity index (χ3v) is 8.96. The highest BCUT2D eigenvalue weighted by Gasteiger charge is 2.39. The molecule has 4 rings (SSSR count). The van der Waals surface area contributed by atoms with Crippen molar-refractivity contribution in [1.29, 1.82) is 0 Å². The second kappa shape index (κ2) is 11.0. The highest BCUT2D eigenvalue weighted by molar-refractivity contribution is 5.75. The molecule has 0 bridgehead atoms. The molecule has 0 N–H and O–H groups in total. The zero-order valence-electron chi connectivity index (χ0n) is 19.9. The Kier molecular flexibility index (Phi) is 8.07. The van der Waals surface area contributed by atoms with Gasteiger partial charge in [0.15, 0.2) is 11.6 Å². The van der Waals surface area contributed by atoms with Crippen LogP contribution in [-0.2, 0) is 11.2 Å². The average Bonchev–Trinajstić information content (AvgIpc) is 2.83. The lowest BCUT2D eigenvalue weighted by Gasteiger charge is -2.45. The topological polar surface area (TPSA) is 26.3 Å². The van der Waals surface area contributed by atoms with Crippen LogP contribution in [0.2, 0.25) is 0 Å². The van der Waals surface area contributed by atoms with Gasteiger partial charge in [0.1, 0.15) is 0 Å². The van der Waals surface area contributed by atoms with Gasteiger partial charge in [-0.25, -0.2) is 4.39 Å². The number of benzene rings is 1. The van der Waals surface area contributed by atoms with E-state index in [1.54, 1.807) is 6.07 Å². The monoisotopic (exact) mass is 440 g/mol. The van der Waals surface area contributed by atoms with E-state index in [2.05, 4.69) is 13.5 Å². The van der Waals surface area contributed by atoms with E-state index in [-0.39, 0.29) is 17.6 Å². The first-order valence-electron chi connectivity index (χ1n) is 13.2. The van der Waals surface area contributed by atoms with Crippen molar-refractivity contribution in [2.24, 2.45) is 35.5 Å². The Morgan fingerprint density at radius 3 is 2.34 bits per heavy atom. The van der Waals surface area contributed by atoms with Crippen molar-refractivity contribution in [1.82, 2.24) is 0 Å². The molecule has 3 aliphatic carbocycles. The first-order valence-corrected chi connectivity index (χ1v) is 13.2. The van der Waals surface area contributed by atoms with E-state index in [1.807, 2.05) is 12.1 Å². The first kappa shape index (κ1) is 23.5. The fourth-order valence-corrected chi connectivity index (χ4v) is 6.89. The fraction of sp³-hybridized carbons (Fsp3) is 0.690. The highest BCUT2D eigenvalue weighted by Crippen LogP contribution is 2.49. The van der Waals surface area contributed by atoms with Crippen LogP contribution in [0.3, 0.4) is 0 Å². The summed E-state index contributed by atoms with van der Waals surface area (Å²) in [7, 11) is 0. The zero-order chi connectivity index (χ0) is 22.5. The van der Waals surface area contributed by atoms with Gasteiger partial charge in [0.05, 0.1) is 5.92 Å². The summed E-state index contributed by atoms with van der Waals surface area (Å²) in [6.07, 6.45) is 17.4. The van der Waals surface area contributed by atoms with Crippen LogP contribution in [-0.4, -0.2) is 5.97 Å². The fourth-order valence-electron chi connectivity index (χ4n) is 6.89. The van der Waals surface area contributed by atoms with E-state index >= 15 is 0 Å². The van der Waals surface area contributed by atoms with Crippen LogP contribution >= 0.6 is 0 Å². The number of hydrogen-bond donors (Lipinski definition) is 0. The van der Waals surface area contributed by atoms with Gasteiger partial charge in [0, 0.05) is 0 Å². The van der Waals surface area contributed by atoms with Crippen molar-refractivity contribution in [3.63, 3.8) is 0 Å². The van der Waals surface area contributed by atoms with E-state index in [1.165, 1.54) is 51.0 Å². The van der Waals surface area contributed by atoms with Crippen molar-refractivity contribution in [2.45, 2.75) is 90.4 Å². The van der Waals surface area contributed by atoms with E-state index in [0.29, 0.717) is 0 Å². The van der Waals surface area contributed by atoms with Gasteiger partial charge in [-0.2, -0.15) is 0 Å². The van der Waals surface area contributed by atoms with Crippen molar-refractivity contribution in [3.05, 3.63) is 42.2 Å². The van der Waals surface area contributed by atoms with Crippen molar-refractivity contribution in [3.8, 4) is 5.75 Å². The summed E-state index contributed by atoms with van der Waals surface area (Å²) in [5.41, 5.74) is 0.903. The lowest BCUT2D eigenvalue weighted by molar-refractivity contribution is -0.140. The van der Waals surface area contributed by atoms with Gasteiger partial charge >= 0.3 is 5.97 Å². The highest BCUT2D eigenvalue weighted by atomic mass is 19.1. The van der Waals surface area contributed by atoms with Crippen LogP contribution in [0.25, 0.3) is 0 Å². The smallest absolute Gasteiger partial charge is 0.314 e. The second-order valence-corrected chi connectivity index (χ2v) is 10.8. The maximum Gasteiger partial charge on any atom is 0.314 e. The average molecular weight is 441 g/mol. The Morgan fingerprint density at radius 1 is 1.00 bits per heavy atom. The molecule has 0 aromatic heterocycles. The van der Waals surface area contributed by atoms with Crippen LogP contribution in [0.5, 0.6) is 5.75 Å². The molecule has 1 aromatic rings. The van der Waals surface area contributed by atoms with E-state index in [0.717, 1.165) is 73.7 Å². The Labute approximate surface area is 194 Å². The largest absolute Gasteiger partial charge is 0.423 e. The van der Waals surface area contributed by atoms with Gasteiger partial charge < -0.3 is 4.74 Å². The maximum absolute atomic E-state index is 14.4. The second-order valence-electron chi connectivity index (χ2n) is 10.8. The van der Waals surface area contributed by atoms with Gasteiger partial charge in [0.2, 0.25) is 0 Å². The van der Waals surface area contributed by atoms with Crippen molar-refractivity contribution >= 4 is 5.97 Å². The maximum atomic E-state index is 14.4. The molecule has 32 heavy (non-hydrogen) atoms. The van der Waals surface area contributed by atoms with Gasteiger partial charge in [-0.05, 0) is 118 Å². The molecular weight excluding hydrogens is 399 g/mol. The number of fused-ring (bicyclic) bond motifs is 1.